The third-order valence-corrected chi connectivity index (χ3v) is 13.0. The fraction of sp³-hybridized carbons (Fsp3) is 0.170. The second-order valence-corrected chi connectivity index (χ2v) is 16.5. The summed E-state index contributed by atoms with van der Waals surface area (Å²) < 4.78 is 2.62. The lowest BCUT2D eigenvalue weighted by molar-refractivity contribution is 0.316. The number of thiophene rings is 1. The Morgan fingerprint density at radius 3 is 1.79 bits per heavy atom. The van der Waals surface area contributed by atoms with E-state index in [4.69, 9.17) is 0 Å². The Bertz CT molecular complexity index is 2640. The molecule has 0 amide bonds. The highest BCUT2D eigenvalue weighted by atomic mass is 32.1. The molecule has 0 bridgehead atoms. The van der Waals surface area contributed by atoms with E-state index >= 15 is 0 Å². The number of hydrogen-bond donors (Lipinski definition) is 0. The number of nitrogens with zero attached hydrogens (tertiary/aromatic N) is 2. The zero-order valence-electron chi connectivity index (χ0n) is 32.5. The summed E-state index contributed by atoms with van der Waals surface area (Å²) in [6.45, 7) is 7.08. The van der Waals surface area contributed by atoms with Crippen LogP contribution in [-0.4, -0.2) is 0 Å². The van der Waals surface area contributed by atoms with E-state index in [9.17, 15) is 0 Å². The Morgan fingerprint density at radius 1 is 0.518 bits per heavy atom. The minimum Gasteiger partial charge on any atom is -0.310 e. The van der Waals surface area contributed by atoms with Crippen molar-refractivity contribution in [1.29, 1.82) is 0 Å². The van der Waals surface area contributed by atoms with Crippen molar-refractivity contribution in [3.63, 3.8) is 0 Å². The van der Waals surface area contributed by atoms with Gasteiger partial charge in [-0.05, 0) is 133 Å². The molecule has 1 heterocycles. The third kappa shape index (κ3) is 6.82. The maximum absolute atomic E-state index is 2.52. The molecule has 0 N–H and O–H groups in total. The van der Waals surface area contributed by atoms with Gasteiger partial charge in [0.2, 0.25) is 0 Å². The average molecular weight is 745 g/mol. The Hall–Kier alpha value is -5.90. The van der Waals surface area contributed by atoms with Crippen LogP contribution in [0.25, 0.3) is 31.3 Å². The van der Waals surface area contributed by atoms with Crippen LogP contribution in [0.4, 0.5) is 34.1 Å². The zero-order chi connectivity index (χ0) is 38.1. The first-order valence-electron chi connectivity index (χ1n) is 20.1. The highest BCUT2D eigenvalue weighted by Crippen LogP contribution is 2.47. The molecule has 0 saturated carbocycles. The van der Waals surface area contributed by atoms with Gasteiger partial charge in [0.05, 0.1) is 0 Å². The van der Waals surface area contributed by atoms with Gasteiger partial charge in [-0.25, -0.2) is 0 Å². The quantitative estimate of drug-likeness (QED) is 0.129. The molecule has 7 aromatic carbocycles. The molecule has 2 nitrogen and oxygen atoms in total. The number of hydrogen-bond acceptors (Lipinski definition) is 3. The highest BCUT2D eigenvalue weighted by Gasteiger charge is 2.35. The molecule has 1 aliphatic carbocycles. The molecular weight excluding hydrogens is 697 g/mol. The van der Waals surface area contributed by atoms with E-state index in [2.05, 4.69) is 213 Å². The Kier molecular flexibility index (Phi) is 9.79. The molecule has 2 unspecified atom stereocenters. The summed E-state index contributed by atoms with van der Waals surface area (Å²) in [5, 5.41) is 2.59. The molecule has 3 heteroatoms. The number of fused-ring (bicyclic) bond motifs is 3. The van der Waals surface area contributed by atoms with Crippen LogP contribution in [0, 0.1) is 5.92 Å². The van der Waals surface area contributed by atoms with E-state index < -0.39 is 0 Å². The maximum atomic E-state index is 2.52. The number of rotatable bonds is 10. The second-order valence-electron chi connectivity index (χ2n) is 15.4. The lowest BCUT2D eigenvalue weighted by Crippen LogP contribution is -2.31. The molecule has 9 rings (SSSR count). The van der Waals surface area contributed by atoms with Gasteiger partial charge in [0, 0.05) is 54.3 Å². The van der Waals surface area contributed by atoms with E-state index in [0.29, 0.717) is 5.92 Å². The molecule has 0 radical (unpaired) electrons. The van der Waals surface area contributed by atoms with Crippen LogP contribution in [0.5, 0.6) is 0 Å². The summed E-state index contributed by atoms with van der Waals surface area (Å²) in [7, 11) is 0. The van der Waals surface area contributed by atoms with Crippen molar-refractivity contribution in [2.75, 3.05) is 9.80 Å². The second kappa shape index (κ2) is 15.3. The SMILES string of the molecule is CCC1=CC(C)CC(CC)(c2ccc(N(c3cccc(-c4ccccc4)c3)c3cccc(N(c4ccccc4)c4ccc5sc6ccccc6c5c4)c3)cc2)C1. The molecule has 1 aliphatic rings. The number of allylic oxidation sites excluding steroid dienone is 2. The summed E-state index contributed by atoms with van der Waals surface area (Å²) >= 11 is 1.86. The van der Waals surface area contributed by atoms with Crippen LogP contribution in [-0.2, 0) is 5.41 Å². The average Bonchev–Trinajstić information content (AvgIpc) is 3.63. The number of para-hydroxylation sites is 1. The molecule has 8 aromatic rings. The van der Waals surface area contributed by atoms with Gasteiger partial charge in [-0.2, -0.15) is 0 Å². The van der Waals surface area contributed by atoms with Crippen molar-refractivity contribution in [2.24, 2.45) is 5.92 Å². The normalized spacial score (nSPS) is 16.8. The van der Waals surface area contributed by atoms with Gasteiger partial charge < -0.3 is 9.80 Å². The molecular formula is C53H48N2S. The third-order valence-electron chi connectivity index (χ3n) is 11.9. The van der Waals surface area contributed by atoms with Gasteiger partial charge in [0.15, 0.2) is 0 Å². The van der Waals surface area contributed by atoms with E-state index in [-0.39, 0.29) is 5.41 Å². The lowest BCUT2D eigenvalue weighted by Gasteiger charge is -2.40. The fourth-order valence-electron chi connectivity index (χ4n) is 9.09. The topological polar surface area (TPSA) is 6.48 Å². The van der Waals surface area contributed by atoms with Crippen LogP contribution in [0.1, 0.15) is 52.0 Å². The Morgan fingerprint density at radius 2 is 1.07 bits per heavy atom. The fourth-order valence-corrected chi connectivity index (χ4v) is 10.2. The molecule has 0 aliphatic heterocycles. The predicted octanol–water partition coefficient (Wildman–Crippen LogP) is 16.1. The summed E-state index contributed by atoms with van der Waals surface area (Å²) in [6, 6.07) is 64.7. The van der Waals surface area contributed by atoms with Gasteiger partial charge >= 0.3 is 0 Å². The molecule has 56 heavy (non-hydrogen) atoms. The lowest BCUT2D eigenvalue weighted by atomic mass is 9.65. The predicted molar refractivity (Wildman–Crippen MR) is 243 cm³/mol. The van der Waals surface area contributed by atoms with Gasteiger partial charge in [0.1, 0.15) is 0 Å². The molecule has 276 valence electrons. The molecule has 0 spiro atoms. The van der Waals surface area contributed by atoms with Crippen LogP contribution < -0.4 is 9.80 Å². The van der Waals surface area contributed by atoms with Crippen molar-refractivity contribution in [1.82, 2.24) is 0 Å². The van der Waals surface area contributed by atoms with Crippen molar-refractivity contribution >= 4 is 65.6 Å². The van der Waals surface area contributed by atoms with Gasteiger partial charge in [-0.3, -0.25) is 0 Å². The first kappa shape index (κ1) is 35.8. The smallest absolute Gasteiger partial charge is 0.0482 e. The molecule has 2 atom stereocenters. The Balaban J connectivity index is 1.18. The standard InChI is InChI=1S/C53H48N2S/c1-4-39-32-38(3)36-53(5-2,37-39)42-26-28-44(29-27-42)55(45-21-14-18-41(33-45)40-16-8-6-9-17-40)47-23-15-22-46(34-47)54(43-19-10-7-11-20-43)48-30-31-52-50(35-48)49-24-12-13-25-51(49)56-52/h6-35,38H,4-5,36-37H2,1-3H3. The molecule has 1 aromatic heterocycles. The minimum absolute atomic E-state index is 0.168. The first-order valence-corrected chi connectivity index (χ1v) is 21.0. The van der Waals surface area contributed by atoms with E-state index in [1.165, 1.54) is 43.3 Å². The van der Waals surface area contributed by atoms with Crippen molar-refractivity contribution < 1.29 is 0 Å². The van der Waals surface area contributed by atoms with Crippen molar-refractivity contribution in [3.05, 3.63) is 193 Å². The summed E-state index contributed by atoms with van der Waals surface area (Å²) in [6.07, 6.45) is 7.14. The number of anilines is 6. The van der Waals surface area contributed by atoms with Crippen LogP contribution in [0.3, 0.4) is 0 Å². The first-order chi connectivity index (χ1) is 27.5. The summed E-state index contributed by atoms with van der Waals surface area (Å²) in [5.74, 6) is 0.588. The van der Waals surface area contributed by atoms with Crippen molar-refractivity contribution in [2.45, 2.75) is 51.9 Å². The van der Waals surface area contributed by atoms with Gasteiger partial charge in [-0.15, -0.1) is 11.3 Å². The summed E-state index contributed by atoms with van der Waals surface area (Å²) in [4.78, 5) is 4.82. The number of benzene rings is 7. The maximum Gasteiger partial charge on any atom is 0.0482 e. The van der Waals surface area contributed by atoms with Crippen LogP contribution in [0.15, 0.2) is 188 Å². The van der Waals surface area contributed by atoms with E-state index in [0.717, 1.165) is 53.4 Å². The van der Waals surface area contributed by atoms with Gasteiger partial charge in [0.25, 0.3) is 0 Å². The van der Waals surface area contributed by atoms with Crippen LogP contribution in [0.2, 0.25) is 0 Å². The Labute approximate surface area is 336 Å². The van der Waals surface area contributed by atoms with Crippen LogP contribution >= 0.6 is 11.3 Å². The highest BCUT2D eigenvalue weighted by molar-refractivity contribution is 7.25. The monoisotopic (exact) mass is 744 g/mol. The van der Waals surface area contributed by atoms with Gasteiger partial charge in [-0.1, -0.05) is 129 Å². The van der Waals surface area contributed by atoms with E-state index in [1.54, 1.807) is 5.57 Å². The minimum atomic E-state index is 0.168. The molecule has 0 saturated heterocycles. The van der Waals surface area contributed by atoms with E-state index in [1.807, 2.05) is 11.3 Å². The summed E-state index contributed by atoms with van der Waals surface area (Å²) in [5.41, 5.74) is 12.4. The van der Waals surface area contributed by atoms with Crippen molar-refractivity contribution in [3.8, 4) is 11.1 Å². The largest absolute Gasteiger partial charge is 0.310 e. The molecule has 0 fully saturated rings. The zero-order valence-corrected chi connectivity index (χ0v) is 33.3.